The fourth-order valence-corrected chi connectivity index (χ4v) is 3.52. The molecule has 1 aromatic heterocycles. The standard InChI is InChI=1S/C22H20F3N3O2S/c1-21(2,30-17-8-6-15(7-9-17)22(23,24)25)20(29)28-16-5-3-4-13(10-16)14-11-18(19(26)27)31-12-14/h3-12H,1-2H3,(H3,26,27)(H,28,29). The minimum Gasteiger partial charge on any atom is -0.478 e. The molecule has 31 heavy (non-hydrogen) atoms. The number of amides is 1. The van der Waals surface area contributed by atoms with E-state index in [0.29, 0.717) is 10.6 Å². The van der Waals surface area contributed by atoms with Gasteiger partial charge in [-0.05, 0) is 72.8 Å². The Morgan fingerprint density at radius 1 is 1.06 bits per heavy atom. The predicted octanol–water partition coefficient (Wildman–Crippen LogP) is 5.51. The maximum atomic E-state index is 12.7. The Bertz CT molecular complexity index is 1110. The molecule has 1 amide bonds. The second kappa shape index (κ2) is 8.43. The number of hydrogen-bond donors (Lipinski definition) is 3. The molecule has 0 fully saturated rings. The highest BCUT2D eigenvalue weighted by molar-refractivity contribution is 7.12. The van der Waals surface area contributed by atoms with Crippen LogP contribution in [0.5, 0.6) is 5.75 Å². The Morgan fingerprint density at radius 3 is 2.32 bits per heavy atom. The van der Waals surface area contributed by atoms with Crippen molar-refractivity contribution in [2.45, 2.75) is 25.6 Å². The van der Waals surface area contributed by atoms with Crippen molar-refractivity contribution in [1.29, 1.82) is 5.41 Å². The Balaban J connectivity index is 1.72. The Morgan fingerprint density at radius 2 is 1.74 bits per heavy atom. The Hall–Kier alpha value is -3.33. The molecule has 3 rings (SSSR count). The van der Waals surface area contributed by atoms with Gasteiger partial charge in [-0.1, -0.05) is 12.1 Å². The van der Waals surface area contributed by atoms with Gasteiger partial charge in [0.05, 0.1) is 10.4 Å². The third-order valence-corrected chi connectivity index (χ3v) is 5.38. The first-order valence-electron chi connectivity index (χ1n) is 9.17. The summed E-state index contributed by atoms with van der Waals surface area (Å²) < 4.78 is 43.7. The molecule has 0 saturated carbocycles. The van der Waals surface area contributed by atoms with E-state index < -0.39 is 23.2 Å². The zero-order chi connectivity index (χ0) is 22.8. The quantitative estimate of drug-likeness (QED) is 0.344. The van der Waals surface area contributed by atoms with Crippen molar-refractivity contribution in [1.82, 2.24) is 0 Å². The molecule has 9 heteroatoms. The lowest BCUT2D eigenvalue weighted by atomic mass is 10.1. The average molecular weight is 447 g/mol. The molecular formula is C22H20F3N3O2S. The molecule has 0 radical (unpaired) electrons. The monoisotopic (exact) mass is 447 g/mol. The van der Waals surface area contributed by atoms with Crippen LogP contribution in [0.25, 0.3) is 11.1 Å². The maximum absolute atomic E-state index is 12.7. The number of rotatable bonds is 6. The van der Waals surface area contributed by atoms with Gasteiger partial charge in [-0.3, -0.25) is 10.2 Å². The van der Waals surface area contributed by atoms with Gasteiger partial charge in [0.25, 0.3) is 5.91 Å². The number of alkyl halides is 3. The number of benzene rings is 2. The predicted molar refractivity (Wildman–Crippen MR) is 116 cm³/mol. The molecule has 0 aliphatic carbocycles. The highest BCUT2D eigenvalue weighted by Gasteiger charge is 2.32. The molecule has 0 aliphatic rings. The lowest BCUT2D eigenvalue weighted by molar-refractivity contribution is -0.137. The zero-order valence-electron chi connectivity index (χ0n) is 16.7. The molecule has 162 valence electrons. The maximum Gasteiger partial charge on any atom is 0.416 e. The van der Waals surface area contributed by atoms with E-state index in [9.17, 15) is 18.0 Å². The third-order valence-electron chi connectivity index (χ3n) is 4.42. The Labute approximate surface area is 181 Å². The molecule has 3 aromatic rings. The number of hydrogen-bond acceptors (Lipinski definition) is 4. The summed E-state index contributed by atoms with van der Waals surface area (Å²) in [5.41, 5.74) is 5.62. The van der Waals surface area contributed by atoms with E-state index in [0.717, 1.165) is 23.3 Å². The summed E-state index contributed by atoms with van der Waals surface area (Å²) >= 11 is 1.35. The van der Waals surface area contributed by atoms with E-state index in [2.05, 4.69) is 5.32 Å². The van der Waals surface area contributed by atoms with E-state index in [1.54, 1.807) is 24.3 Å². The van der Waals surface area contributed by atoms with Crippen LogP contribution >= 0.6 is 11.3 Å². The van der Waals surface area contributed by atoms with Crippen molar-refractivity contribution in [3.8, 4) is 16.9 Å². The largest absolute Gasteiger partial charge is 0.478 e. The van der Waals surface area contributed by atoms with Gasteiger partial charge < -0.3 is 15.8 Å². The minimum absolute atomic E-state index is 0.0112. The van der Waals surface area contributed by atoms with Gasteiger partial charge in [-0.15, -0.1) is 11.3 Å². The number of amidine groups is 1. The van der Waals surface area contributed by atoms with Gasteiger partial charge in [0.15, 0.2) is 5.60 Å². The highest BCUT2D eigenvalue weighted by atomic mass is 32.1. The molecule has 0 unspecified atom stereocenters. The van der Waals surface area contributed by atoms with Crippen LogP contribution in [-0.2, 0) is 11.0 Å². The molecule has 0 saturated heterocycles. The van der Waals surface area contributed by atoms with Crippen molar-refractivity contribution in [2.24, 2.45) is 5.73 Å². The lowest BCUT2D eigenvalue weighted by Crippen LogP contribution is -2.42. The van der Waals surface area contributed by atoms with Crippen molar-refractivity contribution in [2.75, 3.05) is 5.32 Å². The van der Waals surface area contributed by atoms with Crippen LogP contribution in [-0.4, -0.2) is 17.3 Å². The van der Waals surface area contributed by atoms with Crippen LogP contribution in [0.3, 0.4) is 0 Å². The smallest absolute Gasteiger partial charge is 0.416 e. The summed E-state index contributed by atoms with van der Waals surface area (Å²) in [5, 5.41) is 12.2. The number of nitrogens with one attached hydrogen (secondary N) is 2. The zero-order valence-corrected chi connectivity index (χ0v) is 17.5. The fourth-order valence-electron chi connectivity index (χ4n) is 2.74. The van der Waals surface area contributed by atoms with Gasteiger partial charge in [-0.25, -0.2) is 0 Å². The summed E-state index contributed by atoms with van der Waals surface area (Å²) in [6.45, 7) is 3.06. The summed E-state index contributed by atoms with van der Waals surface area (Å²) in [6.07, 6.45) is -4.44. The number of thiophene rings is 1. The number of nitrogens with two attached hydrogens (primary N) is 1. The summed E-state index contributed by atoms with van der Waals surface area (Å²) in [5.74, 6) is -0.320. The van der Waals surface area contributed by atoms with Crippen LogP contribution in [0.4, 0.5) is 18.9 Å². The number of anilines is 1. The number of ether oxygens (including phenoxy) is 1. The van der Waals surface area contributed by atoms with Crippen LogP contribution in [0.1, 0.15) is 24.3 Å². The van der Waals surface area contributed by atoms with Crippen LogP contribution in [0.15, 0.2) is 60.0 Å². The first-order valence-corrected chi connectivity index (χ1v) is 10.0. The van der Waals surface area contributed by atoms with Gasteiger partial charge in [0.1, 0.15) is 11.6 Å². The Kier molecular flexibility index (Phi) is 6.08. The van der Waals surface area contributed by atoms with Crippen molar-refractivity contribution in [3.05, 3.63) is 70.4 Å². The molecule has 0 spiro atoms. The average Bonchev–Trinajstić information content (AvgIpc) is 3.18. The summed E-state index contributed by atoms with van der Waals surface area (Å²) in [7, 11) is 0. The lowest BCUT2D eigenvalue weighted by Gasteiger charge is -2.25. The van der Waals surface area contributed by atoms with Crippen LogP contribution in [0, 0.1) is 5.41 Å². The second-order valence-electron chi connectivity index (χ2n) is 7.28. The molecule has 0 aliphatic heterocycles. The molecule has 2 aromatic carbocycles. The highest BCUT2D eigenvalue weighted by Crippen LogP contribution is 2.31. The SMILES string of the molecule is CC(C)(Oc1ccc(C(F)(F)F)cc1)C(=O)Nc1cccc(-c2csc(C(=N)N)c2)c1. The van der Waals surface area contributed by atoms with Crippen LogP contribution in [0.2, 0.25) is 0 Å². The molecule has 1 heterocycles. The van der Waals surface area contributed by atoms with Crippen molar-refractivity contribution in [3.63, 3.8) is 0 Å². The van der Waals surface area contributed by atoms with Gasteiger partial charge >= 0.3 is 6.18 Å². The van der Waals surface area contributed by atoms with E-state index in [4.69, 9.17) is 15.9 Å². The topological polar surface area (TPSA) is 88.2 Å². The van der Waals surface area contributed by atoms with Crippen molar-refractivity contribution >= 4 is 28.8 Å². The van der Waals surface area contributed by atoms with Gasteiger partial charge in [0.2, 0.25) is 0 Å². The molecule has 0 atom stereocenters. The molecular weight excluding hydrogens is 427 g/mol. The number of carbonyl (C=O) groups excluding carboxylic acids is 1. The molecule has 5 nitrogen and oxygen atoms in total. The first kappa shape index (κ1) is 22.4. The van der Waals surface area contributed by atoms with E-state index >= 15 is 0 Å². The van der Waals surface area contributed by atoms with Gasteiger partial charge in [-0.2, -0.15) is 13.2 Å². The van der Waals surface area contributed by atoms with Crippen LogP contribution < -0.4 is 15.8 Å². The fraction of sp³-hybridized carbons (Fsp3) is 0.182. The summed E-state index contributed by atoms with van der Waals surface area (Å²) in [6, 6.07) is 13.1. The number of carbonyl (C=O) groups is 1. The second-order valence-corrected chi connectivity index (χ2v) is 8.19. The molecule has 0 bridgehead atoms. The molecule has 4 N–H and O–H groups in total. The van der Waals surface area contributed by atoms with E-state index in [1.165, 1.54) is 37.3 Å². The van der Waals surface area contributed by atoms with Crippen molar-refractivity contribution < 1.29 is 22.7 Å². The number of halogens is 3. The third kappa shape index (κ3) is 5.43. The van der Waals surface area contributed by atoms with E-state index in [1.807, 2.05) is 11.4 Å². The van der Waals surface area contributed by atoms with Gasteiger partial charge in [0, 0.05) is 5.69 Å². The summed E-state index contributed by atoms with van der Waals surface area (Å²) in [4.78, 5) is 13.4. The van der Waals surface area contributed by atoms with E-state index in [-0.39, 0.29) is 11.6 Å². The normalized spacial score (nSPS) is 11.8. The minimum atomic E-state index is -4.44. The number of nitrogen functional groups attached to an aromatic ring is 1. The first-order chi connectivity index (χ1) is 14.5.